The van der Waals surface area contributed by atoms with Gasteiger partial charge in [-0.2, -0.15) is 0 Å². The molecule has 2 N–H and O–H groups in total. The van der Waals surface area contributed by atoms with E-state index in [0.29, 0.717) is 12.8 Å². The Kier molecular flexibility index (Phi) is 5.89. The number of carboxylic acid groups (broad SMARTS) is 1. The third-order valence-electron chi connectivity index (χ3n) is 3.73. The lowest BCUT2D eigenvalue weighted by Crippen LogP contribution is -2.40. The molecule has 0 radical (unpaired) electrons. The molecule has 24 heavy (non-hydrogen) atoms. The Hall–Kier alpha value is -2.89. The average molecular weight is 328 g/mol. The third kappa shape index (κ3) is 4.81. The van der Waals surface area contributed by atoms with Crippen LogP contribution >= 0.6 is 0 Å². The summed E-state index contributed by atoms with van der Waals surface area (Å²) in [6.45, 7) is 0. The largest absolute Gasteiger partial charge is 0.481 e. The van der Waals surface area contributed by atoms with Crippen molar-refractivity contribution in [3.05, 3.63) is 70.1 Å². The fourth-order valence-electron chi connectivity index (χ4n) is 2.45. The highest BCUT2D eigenvalue weighted by molar-refractivity contribution is 5.94. The highest BCUT2D eigenvalue weighted by atomic mass is 16.4. The number of aromatic nitrogens is 1. The van der Waals surface area contributed by atoms with Gasteiger partial charge in [0.15, 0.2) is 0 Å². The molecule has 126 valence electrons. The maximum absolute atomic E-state index is 12.4. The van der Waals surface area contributed by atoms with Crippen LogP contribution in [0.5, 0.6) is 0 Å². The summed E-state index contributed by atoms with van der Waals surface area (Å²) in [4.78, 5) is 35.3. The van der Waals surface area contributed by atoms with Gasteiger partial charge in [-0.25, -0.2) is 0 Å². The summed E-state index contributed by atoms with van der Waals surface area (Å²) in [5, 5.41) is 11.7. The predicted molar refractivity (Wildman–Crippen MR) is 90.0 cm³/mol. The van der Waals surface area contributed by atoms with E-state index in [9.17, 15) is 14.4 Å². The smallest absolute Gasteiger partial charge is 0.303 e. The van der Waals surface area contributed by atoms with Crippen LogP contribution in [-0.4, -0.2) is 27.6 Å². The SMILES string of the molecule is Cn1cccc(C(=O)NC(CCC(=O)O)Cc2ccccc2)c1=O. The minimum atomic E-state index is -0.919. The molecule has 1 atom stereocenters. The lowest BCUT2D eigenvalue weighted by Gasteiger charge is -2.18. The molecule has 2 aromatic rings. The van der Waals surface area contributed by atoms with Gasteiger partial charge < -0.3 is 15.0 Å². The molecule has 0 fully saturated rings. The van der Waals surface area contributed by atoms with E-state index in [-0.39, 0.29) is 23.6 Å². The van der Waals surface area contributed by atoms with Crippen molar-refractivity contribution in [2.45, 2.75) is 25.3 Å². The molecular weight excluding hydrogens is 308 g/mol. The molecule has 0 saturated carbocycles. The zero-order chi connectivity index (χ0) is 17.5. The molecule has 0 spiro atoms. The number of amides is 1. The Morgan fingerprint density at radius 2 is 1.88 bits per heavy atom. The molecule has 0 aliphatic rings. The summed E-state index contributed by atoms with van der Waals surface area (Å²) in [7, 11) is 1.57. The number of aliphatic carboxylic acids is 1. The van der Waals surface area contributed by atoms with E-state index in [4.69, 9.17) is 5.11 Å². The van der Waals surface area contributed by atoms with E-state index in [2.05, 4.69) is 5.32 Å². The van der Waals surface area contributed by atoms with Crippen molar-refractivity contribution < 1.29 is 14.7 Å². The van der Waals surface area contributed by atoms with Crippen LogP contribution in [0.2, 0.25) is 0 Å². The van der Waals surface area contributed by atoms with Crippen LogP contribution in [0.4, 0.5) is 0 Å². The van der Waals surface area contributed by atoms with Crippen LogP contribution < -0.4 is 10.9 Å². The maximum Gasteiger partial charge on any atom is 0.303 e. The van der Waals surface area contributed by atoms with Crippen molar-refractivity contribution in [1.82, 2.24) is 9.88 Å². The van der Waals surface area contributed by atoms with Gasteiger partial charge >= 0.3 is 5.97 Å². The maximum atomic E-state index is 12.4. The van der Waals surface area contributed by atoms with Crippen molar-refractivity contribution in [1.29, 1.82) is 0 Å². The molecule has 0 saturated heterocycles. The number of rotatable bonds is 7. The van der Waals surface area contributed by atoms with Crippen LogP contribution in [0.1, 0.15) is 28.8 Å². The van der Waals surface area contributed by atoms with Gasteiger partial charge in [0, 0.05) is 25.7 Å². The van der Waals surface area contributed by atoms with Gasteiger partial charge in [-0.3, -0.25) is 14.4 Å². The molecular formula is C18H20N2O4. The highest BCUT2D eigenvalue weighted by Crippen LogP contribution is 2.09. The van der Waals surface area contributed by atoms with Gasteiger partial charge in [0.25, 0.3) is 11.5 Å². The van der Waals surface area contributed by atoms with Crippen molar-refractivity contribution >= 4 is 11.9 Å². The van der Waals surface area contributed by atoms with E-state index >= 15 is 0 Å². The number of nitrogens with one attached hydrogen (secondary N) is 1. The molecule has 6 nitrogen and oxygen atoms in total. The van der Waals surface area contributed by atoms with Crippen LogP contribution in [-0.2, 0) is 18.3 Å². The molecule has 0 aliphatic carbocycles. The summed E-state index contributed by atoms with van der Waals surface area (Å²) >= 11 is 0. The summed E-state index contributed by atoms with van der Waals surface area (Å²) in [5.41, 5.74) is 0.661. The minimum absolute atomic E-state index is 0.0494. The number of aryl methyl sites for hydroxylation is 1. The first-order valence-corrected chi connectivity index (χ1v) is 7.69. The molecule has 1 unspecified atom stereocenters. The standard InChI is InChI=1S/C18H20N2O4/c1-20-11-5-8-15(18(20)24)17(23)19-14(9-10-16(21)22)12-13-6-3-2-4-7-13/h2-8,11,14H,9-10,12H2,1H3,(H,19,23)(H,21,22). The quantitative estimate of drug-likeness (QED) is 0.808. The highest BCUT2D eigenvalue weighted by Gasteiger charge is 2.18. The summed E-state index contributed by atoms with van der Waals surface area (Å²) in [5.74, 6) is -1.40. The molecule has 1 amide bonds. The molecule has 2 rings (SSSR count). The molecule has 0 aliphatic heterocycles. The van der Waals surface area contributed by atoms with Crippen LogP contribution in [0, 0.1) is 0 Å². The Morgan fingerprint density at radius 3 is 2.54 bits per heavy atom. The second-order valence-electron chi connectivity index (χ2n) is 5.63. The van der Waals surface area contributed by atoms with E-state index in [0.717, 1.165) is 5.56 Å². The number of pyridine rings is 1. The zero-order valence-corrected chi connectivity index (χ0v) is 13.4. The van der Waals surface area contributed by atoms with E-state index in [1.165, 1.54) is 10.6 Å². The number of carbonyl (C=O) groups is 2. The topological polar surface area (TPSA) is 88.4 Å². The lowest BCUT2D eigenvalue weighted by atomic mass is 10.0. The minimum Gasteiger partial charge on any atom is -0.481 e. The van der Waals surface area contributed by atoms with E-state index in [1.54, 1.807) is 19.3 Å². The van der Waals surface area contributed by atoms with Gasteiger partial charge in [-0.1, -0.05) is 30.3 Å². The van der Waals surface area contributed by atoms with Gasteiger partial charge in [0.1, 0.15) is 5.56 Å². The van der Waals surface area contributed by atoms with E-state index in [1.807, 2.05) is 30.3 Å². The van der Waals surface area contributed by atoms with Crippen molar-refractivity contribution in [2.75, 3.05) is 0 Å². The second-order valence-corrected chi connectivity index (χ2v) is 5.63. The summed E-state index contributed by atoms with van der Waals surface area (Å²) in [6, 6.07) is 12.2. The summed E-state index contributed by atoms with van der Waals surface area (Å²) < 4.78 is 1.33. The van der Waals surface area contributed by atoms with Crippen molar-refractivity contribution in [2.24, 2.45) is 7.05 Å². The molecule has 1 heterocycles. The van der Waals surface area contributed by atoms with Gasteiger partial charge in [0.05, 0.1) is 0 Å². The number of hydrogen-bond acceptors (Lipinski definition) is 3. The number of carboxylic acids is 1. The Bertz CT molecular complexity index is 768. The third-order valence-corrected chi connectivity index (χ3v) is 3.73. The lowest BCUT2D eigenvalue weighted by molar-refractivity contribution is -0.137. The Balaban J connectivity index is 2.14. The fraction of sp³-hybridized carbons (Fsp3) is 0.278. The van der Waals surface area contributed by atoms with E-state index < -0.39 is 11.9 Å². The second kappa shape index (κ2) is 8.10. The number of benzene rings is 1. The fourth-order valence-corrected chi connectivity index (χ4v) is 2.45. The number of nitrogens with zero attached hydrogens (tertiary/aromatic N) is 1. The molecule has 0 bridgehead atoms. The summed E-state index contributed by atoms with van der Waals surface area (Å²) in [6.07, 6.45) is 2.33. The first-order chi connectivity index (χ1) is 11.5. The van der Waals surface area contributed by atoms with Crippen LogP contribution in [0.15, 0.2) is 53.5 Å². The number of hydrogen-bond donors (Lipinski definition) is 2. The Morgan fingerprint density at radius 1 is 1.17 bits per heavy atom. The van der Waals surface area contributed by atoms with Crippen LogP contribution in [0.25, 0.3) is 0 Å². The van der Waals surface area contributed by atoms with Gasteiger partial charge in [0.2, 0.25) is 0 Å². The first kappa shape index (κ1) is 17.5. The number of carbonyl (C=O) groups excluding carboxylic acids is 1. The molecule has 1 aromatic heterocycles. The van der Waals surface area contributed by atoms with Crippen molar-refractivity contribution in [3.63, 3.8) is 0 Å². The Labute approximate surface area is 139 Å². The molecule has 1 aromatic carbocycles. The first-order valence-electron chi connectivity index (χ1n) is 7.69. The predicted octanol–water partition coefficient (Wildman–Crippen LogP) is 1.59. The van der Waals surface area contributed by atoms with Gasteiger partial charge in [-0.05, 0) is 30.5 Å². The normalized spacial score (nSPS) is 11.7. The van der Waals surface area contributed by atoms with Gasteiger partial charge in [-0.15, -0.1) is 0 Å². The van der Waals surface area contributed by atoms with Crippen LogP contribution in [0.3, 0.4) is 0 Å². The monoisotopic (exact) mass is 328 g/mol. The zero-order valence-electron chi connectivity index (χ0n) is 13.4. The average Bonchev–Trinajstić information content (AvgIpc) is 2.56. The van der Waals surface area contributed by atoms with Crippen molar-refractivity contribution in [3.8, 4) is 0 Å². The molecule has 6 heteroatoms.